The molecule has 0 bridgehead atoms. The van der Waals surface area contributed by atoms with Crippen LogP contribution in [0, 0.1) is 0 Å². The van der Waals surface area contributed by atoms with E-state index in [1.807, 2.05) is 54.6 Å². The van der Waals surface area contributed by atoms with Gasteiger partial charge < -0.3 is 20.7 Å². The van der Waals surface area contributed by atoms with Crippen molar-refractivity contribution in [3.63, 3.8) is 0 Å². The highest BCUT2D eigenvalue weighted by Crippen LogP contribution is 2.21. The number of carbonyl (C=O) groups is 1. The van der Waals surface area contributed by atoms with E-state index in [0.717, 1.165) is 29.0 Å². The van der Waals surface area contributed by atoms with Crippen LogP contribution in [0.15, 0.2) is 66.7 Å². The second-order valence-corrected chi connectivity index (χ2v) is 9.34. The van der Waals surface area contributed by atoms with E-state index >= 15 is 0 Å². The molecule has 2 atom stereocenters. The van der Waals surface area contributed by atoms with Crippen LogP contribution >= 0.6 is 11.3 Å². The van der Waals surface area contributed by atoms with Crippen molar-refractivity contribution in [1.82, 2.24) is 4.90 Å². The smallest absolute Gasteiger partial charge is 0.258 e. The van der Waals surface area contributed by atoms with Gasteiger partial charge in [0, 0.05) is 24.0 Å². The Morgan fingerprint density at radius 1 is 1.06 bits per heavy atom. The second kappa shape index (κ2) is 12.4. The van der Waals surface area contributed by atoms with Crippen LogP contribution in [0.2, 0.25) is 0 Å². The molecule has 3 aromatic rings. The van der Waals surface area contributed by atoms with Crippen molar-refractivity contribution in [2.24, 2.45) is 5.73 Å². The fourth-order valence-corrected chi connectivity index (χ4v) is 4.56. The van der Waals surface area contributed by atoms with Gasteiger partial charge in [-0.05, 0) is 62.1 Å². The molecule has 0 radical (unpaired) electrons. The lowest BCUT2D eigenvalue weighted by Gasteiger charge is -2.31. The lowest BCUT2D eigenvalue weighted by atomic mass is 10.1. The molecule has 0 saturated carbocycles. The van der Waals surface area contributed by atoms with Crippen LogP contribution in [0.1, 0.15) is 33.5 Å². The summed E-state index contributed by atoms with van der Waals surface area (Å²) in [5, 5.41) is 20.8. The fourth-order valence-electron chi connectivity index (χ4n) is 3.69. The van der Waals surface area contributed by atoms with Crippen molar-refractivity contribution < 1.29 is 19.7 Å². The molecule has 1 aromatic heterocycles. The number of amides is 1. The average Bonchev–Trinajstić information content (AvgIpc) is 3.30. The Kier molecular flexibility index (Phi) is 9.30. The monoisotopic (exact) mass is 468 g/mol. The van der Waals surface area contributed by atoms with E-state index < -0.39 is 12.0 Å². The average molecular weight is 469 g/mol. The van der Waals surface area contributed by atoms with Gasteiger partial charge in [0.05, 0.1) is 4.88 Å². The number of aliphatic hydroxyl groups excluding tert-OH is 1. The minimum absolute atomic E-state index is 0.182. The zero-order chi connectivity index (χ0) is 23.6. The SMILES string of the molecule is C[C@H](CCc1ccc(C(N)=O)s1)N(CCc1ccccc1O)CC(O)COc1ccccc1. The van der Waals surface area contributed by atoms with Gasteiger partial charge >= 0.3 is 0 Å². The number of carbonyl (C=O) groups excluding carboxylic acids is 1. The summed E-state index contributed by atoms with van der Waals surface area (Å²) in [6, 6.07) is 20.7. The molecule has 4 N–H and O–H groups in total. The van der Waals surface area contributed by atoms with Crippen LogP contribution < -0.4 is 10.5 Å². The molecule has 0 fully saturated rings. The van der Waals surface area contributed by atoms with Gasteiger partial charge in [-0.15, -0.1) is 11.3 Å². The lowest BCUT2D eigenvalue weighted by Crippen LogP contribution is -2.42. The number of hydrogen-bond acceptors (Lipinski definition) is 6. The van der Waals surface area contributed by atoms with Gasteiger partial charge in [0.2, 0.25) is 0 Å². The molecule has 7 heteroatoms. The number of nitrogens with two attached hydrogens (primary N) is 1. The summed E-state index contributed by atoms with van der Waals surface area (Å²) < 4.78 is 5.73. The van der Waals surface area contributed by atoms with E-state index in [1.165, 1.54) is 11.3 Å². The maximum Gasteiger partial charge on any atom is 0.258 e. The Hall–Kier alpha value is -2.87. The van der Waals surface area contributed by atoms with Crippen molar-refractivity contribution in [1.29, 1.82) is 0 Å². The number of ether oxygens (including phenoxy) is 1. The number of nitrogens with zero attached hydrogens (tertiary/aromatic N) is 1. The molecule has 33 heavy (non-hydrogen) atoms. The van der Waals surface area contributed by atoms with Crippen molar-refractivity contribution in [3.8, 4) is 11.5 Å². The maximum absolute atomic E-state index is 11.4. The summed E-state index contributed by atoms with van der Waals surface area (Å²) in [6.45, 7) is 3.49. The van der Waals surface area contributed by atoms with Gasteiger partial charge in [-0.25, -0.2) is 0 Å². The van der Waals surface area contributed by atoms with Crippen molar-refractivity contribution in [2.45, 2.75) is 38.3 Å². The Morgan fingerprint density at radius 2 is 1.79 bits per heavy atom. The first kappa shape index (κ1) is 24.8. The molecule has 1 heterocycles. The number of para-hydroxylation sites is 2. The number of primary amides is 1. The quantitative estimate of drug-likeness (QED) is 0.354. The molecular formula is C26H32N2O4S. The van der Waals surface area contributed by atoms with Gasteiger partial charge in [-0.3, -0.25) is 9.69 Å². The second-order valence-electron chi connectivity index (χ2n) is 8.17. The van der Waals surface area contributed by atoms with Crippen LogP contribution in [0.25, 0.3) is 0 Å². The third-order valence-electron chi connectivity index (χ3n) is 5.63. The van der Waals surface area contributed by atoms with E-state index in [0.29, 0.717) is 24.4 Å². The largest absolute Gasteiger partial charge is 0.508 e. The molecule has 6 nitrogen and oxygen atoms in total. The molecule has 0 saturated heterocycles. The Bertz CT molecular complexity index is 1010. The number of aromatic hydroxyl groups is 1. The Labute approximate surface area is 199 Å². The van der Waals surface area contributed by atoms with Crippen LogP contribution in [0.4, 0.5) is 0 Å². The first-order valence-corrected chi connectivity index (χ1v) is 12.0. The molecule has 1 unspecified atom stereocenters. The highest BCUT2D eigenvalue weighted by atomic mass is 32.1. The Morgan fingerprint density at radius 3 is 2.48 bits per heavy atom. The fraction of sp³-hybridized carbons (Fsp3) is 0.346. The predicted molar refractivity (Wildman–Crippen MR) is 132 cm³/mol. The van der Waals surface area contributed by atoms with Gasteiger partial charge in [-0.1, -0.05) is 36.4 Å². The van der Waals surface area contributed by atoms with E-state index in [9.17, 15) is 15.0 Å². The molecule has 0 aliphatic heterocycles. The number of benzene rings is 2. The van der Waals surface area contributed by atoms with Crippen molar-refractivity contribution in [2.75, 3.05) is 19.7 Å². The highest BCUT2D eigenvalue weighted by molar-refractivity contribution is 7.14. The number of thiophene rings is 1. The summed E-state index contributed by atoms with van der Waals surface area (Å²) in [7, 11) is 0. The normalized spacial score (nSPS) is 13.1. The molecule has 2 aromatic carbocycles. The molecule has 0 aliphatic rings. The molecule has 3 rings (SSSR count). The summed E-state index contributed by atoms with van der Waals surface area (Å²) in [6.07, 6.45) is 1.71. The van der Waals surface area contributed by atoms with E-state index in [1.54, 1.807) is 12.1 Å². The standard InChI is InChI=1S/C26H32N2O4S/c1-19(11-12-23-13-14-25(33-23)26(27)31)28(16-15-20-7-5-6-10-24(20)30)17-21(29)18-32-22-8-3-2-4-9-22/h2-10,13-14,19,21,29-30H,11-12,15-18H2,1H3,(H2,27,31)/t19-,21?/m1/s1. The van der Waals surface area contributed by atoms with Crippen LogP contribution in [0.3, 0.4) is 0 Å². The first-order chi connectivity index (χ1) is 15.9. The number of aliphatic hydroxyl groups is 1. The van der Waals surface area contributed by atoms with Crippen molar-refractivity contribution in [3.05, 3.63) is 82.0 Å². The zero-order valence-electron chi connectivity index (χ0n) is 18.9. The van der Waals surface area contributed by atoms with Gasteiger partial charge in [-0.2, -0.15) is 0 Å². The van der Waals surface area contributed by atoms with E-state index in [2.05, 4.69) is 11.8 Å². The summed E-state index contributed by atoms with van der Waals surface area (Å²) in [5.41, 5.74) is 6.25. The van der Waals surface area contributed by atoms with Gasteiger partial charge in [0.25, 0.3) is 5.91 Å². The number of hydrogen-bond donors (Lipinski definition) is 3. The van der Waals surface area contributed by atoms with Gasteiger partial charge in [0.15, 0.2) is 0 Å². The highest BCUT2D eigenvalue weighted by Gasteiger charge is 2.19. The predicted octanol–water partition coefficient (Wildman–Crippen LogP) is 3.86. The number of phenols is 1. The summed E-state index contributed by atoms with van der Waals surface area (Å²) in [5.74, 6) is 0.620. The lowest BCUT2D eigenvalue weighted by molar-refractivity contribution is 0.0537. The summed E-state index contributed by atoms with van der Waals surface area (Å²) in [4.78, 5) is 15.3. The molecular weight excluding hydrogens is 436 g/mol. The number of aryl methyl sites for hydroxylation is 1. The minimum Gasteiger partial charge on any atom is -0.508 e. The molecule has 0 spiro atoms. The van der Waals surface area contributed by atoms with E-state index in [-0.39, 0.29) is 18.4 Å². The van der Waals surface area contributed by atoms with Crippen LogP contribution in [-0.4, -0.2) is 52.9 Å². The number of phenolic OH excluding ortho intramolecular Hbond substituents is 1. The van der Waals surface area contributed by atoms with Crippen LogP contribution in [0.5, 0.6) is 11.5 Å². The topological polar surface area (TPSA) is 96.0 Å². The van der Waals surface area contributed by atoms with Crippen molar-refractivity contribution >= 4 is 17.2 Å². The first-order valence-electron chi connectivity index (χ1n) is 11.2. The minimum atomic E-state index is -0.653. The molecule has 176 valence electrons. The zero-order valence-corrected chi connectivity index (χ0v) is 19.7. The third kappa shape index (κ3) is 7.89. The number of rotatable bonds is 13. The molecule has 0 aliphatic carbocycles. The van der Waals surface area contributed by atoms with Gasteiger partial charge in [0.1, 0.15) is 24.2 Å². The summed E-state index contributed by atoms with van der Waals surface area (Å²) >= 11 is 1.43. The Balaban J connectivity index is 1.60. The maximum atomic E-state index is 11.4. The van der Waals surface area contributed by atoms with Crippen LogP contribution in [-0.2, 0) is 12.8 Å². The van der Waals surface area contributed by atoms with E-state index in [4.69, 9.17) is 10.5 Å². The molecule has 1 amide bonds. The third-order valence-corrected chi connectivity index (χ3v) is 6.79.